The number of hydrogen-bond donors (Lipinski definition) is 5. The van der Waals surface area contributed by atoms with Crippen LogP contribution in [0.25, 0.3) is 15.8 Å². The predicted molar refractivity (Wildman–Crippen MR) is 138 cm³/mol. The zero-order valence-electron chi connectivity index (χ0n) is 20.3. The number of benzene rings is 1. The molecule has 35 heavy (non-hydrogen) atoms. The van der Waals surface area contributed by atoms with Gasteiger partial charge in [0.2, 0.25) is 0 Å². The summed E-state index contributed by atoms with van der Waals surface area (Å²) in [7, 11) is -5.83. The third-order valence-electron chi connectivity index (χ3n) is 4.36. The molecule has 1 atom stereocenters. The van der Waals surface area contributed by atoms with Crippen LogP contribution in [0.3, 0.4) is 0 Å². The molecule has 0 radical (unpaired) electrons. The molecular formula is C21H33BrF4N3O4PS. The van der Waals surface area contributed by atoms with Crippen LogP contribution in [0.1, 0.15) is 58.4 Å². The SMILES string of the molecule is CC.CC.CC.N/C=C(\NN)c1cc(OCC2CC2(F)F)c2sc(C(F)(F)P(=O)(O)O)c(Br)c2c1. The summed E-state index contributed by atoms with van der Waals surface area (Å²) in [5, 5.41) is 0.128. The Kier molecular flexibility index (Phi) is 13.3. The van der Waals surface area contributed by atoms with E-state index in [0.29, 0.717) is 16.9 Å². The Morgan fingerprint density at radius 2 is 1.80 bits per heavy atom. The Labute approximate surface area is 215 Å². The number of hydrazine groups is 1. The highest BCUT2D eigenvalue weighted by molar-refractivity contribution is 9.10. The monoisotopic (exact) mass is 609 g/mol. The van der Waals surface area contributed by atoms with Gasteiger partial charge in [0.25, 0.3) is 5.92 Å². The summed E-state index contributed by atoms with van der Waals surface area (Å²) in [5.41, 5.74) is 3.80. The lowest BCUT2D eigenvalue weighted by Gasteiger charge is -2.16. The molecule has 0 amide bonds. The highest BCUT2D eigenvalue weighted by Crippen LogP contribution is 2.63. The van der Waals surface area contributed by atoms with E-state index in [2.05, 4.69) is 21.4 Å². The van der Waals surface area contributed by atoms with Gasteiger partial charge in [-0.25, -0.2) is 8.78 Å². The molecule has 3 rings (SSSR count). The van der Waals surface area contributed by atoms with Gasteiger partial charge in [0.15, 0.2) is 0 Å². The number of thiophene rings is 1. The molecule has 1 aliphatic carbocycles. The summed E-state index contributed by atoms with van der Waals surface area (Å²) in [5.74, 6) is 1.51. The van der Waals surface area contributed by atoms with Crippen molar-refractivity contribution in [3.63, 3.8) is 0 Å². The lowest BCUT2D eigenvalue weighted by atomic mass is 10.1. The molecule has 0 bridgehead atoms. The summed E-state index contributed by atoms with van der Waals surface area (Å²) < 4.78 is 71.6. The first-order chi connectivity index (χ1) is 16.3. The Hall–Kier alpha value is -1.37. The van der Waals surface area contributed by atoms with Crippen LogP contribution in [-0.2, 0) is 10.2 Å². The average molecular weight is 610 g/mol. The van der Waals surface area contributed by atoms with Crippen molar-refractivity contribution in [3.8, 4) is 5.75 Å². The molecule has 0 saturated heterocycles. The predicted octanol–water partition coefficient (Wildman–Crippen LogP) is 6.72. The molecule has 202 valence electrons. The van der Waals surface area contributed by atoms with Crippen LogP contribution in [0.2, 0.25) is 0 Å². The van der Waals surface area contributed by atoms with Crippen LogP contribution in [0.15, 0.2) is 22.8 Å². The van der Waals surface area contributed by atoms with Crippen LogP contribution in [-0.4, -0.2) is 22.3 Å². The number of hydrogen-bond acceptors (Lipinski definition) is 6. The number of fused-ring (bicyclic) bond motifs is 1. The Bertz CT molecular complexity index is 1050. The molecule has 7 nitrogen and oxygen atoms in total. The second-order valence-electron chi connectivity index (χ2n) is 6.38. The highest BCUT2D eigenvalue weighted by atomic mass is 79.9. The van der Waals surface area contributed by atoms with Gasteiger partial charge in [-0.1, -0.05) is 41.5 Å². The van der Waals surface area contributed by atoms with E-state index in [1.165, 1.54) is 12.1 Å². The number of nitrogens with one attached hydrogen (secondary N) is 1. The van der Waals surface area contributed by atoms with Gasteiger partial charge in [0, 0.05) is 28.0 Å². The van der Waals surface area contributed by atoms with Crippen LogP contribution in [0.5, 0.6) is 5.75 Å². The van der Waals surface area contributed by atoms with Crippen molar-refractivity contribution < 1.29 is 36.7 Å². The van der Waals surface area contributed by atoms with E-state index in [4.69, 9.17) is 26.1 Å². The normalized spacial score (nSPS) is 16.6. The Morgan fingerprint density at radius 3 is 2.20 bits per heavy atom. The molecule has 1 unspecified atom stereocenters. The average Bonchev–Trinajstić information content (AvgIpc) is 3.30. The topological polar surface area (TPSA) is 131 Å². The first-order valence-corrected chi connectivity index (χ1v) is 14.1. The molecule has 2 aromatic rings. The fraction of sp³-hybridized carbons (Fsp3) is 0.524. The summed E-state index contributed by atoms with van der Waals surface area (Å²) in [4.78, 5) is 17.2. The van der Waals surface area contributed by atoms with Crippen LogP contribution >= 0.6 is 34.9 Å². The van der Waals surface area contributed by atoms with Crippen molar-refractivity contribution in [3.05, 3.63) is 33.2 Å². The molecular weight excluding hydrogens is 577 g/mol. The van der Waals surface area contributed by atoms with Gasteiger partial charge < -0.3 is 25.7 Å². The lowest BCUT2D eigenvalue weighted by molar-refractivity contribution is 0.0595. The first kappa shape index (κ1) is 33.6. The molecule has 1 aliphatic rings. The largest absolute Gasteiger partial charge is 0.492 e. The number of alkyl halides is 4. The maximum Gasteiger partial charge on any atom is 0.400 e. The fourth-order valence-electron chi connectivity index (χ4n) is 2.60. The van der Waals surface area contributed by atoms with Crippen LogP contribution in [0, 0.1) is 5.92 Å². The minimum Gasteiger partial charge on any atom is -0.492 e. The van der Waals surface area contributed by atoms with Crippen molar-refractivity contribution in [2.45, 2.75) is 59.5 Å². The van der Waals surface area contributed by atoms with Crippen molar-refractivity contribution in [2.24, 2.45) is 17.5 Å². The maximum absolute atomic E-state index is 14.3. The maximum atomic E-state index is 14.3. The number of ether oxygens (including phenoxy) is 1. The Morgan fingerprint density at radius 1 is 1.29 bits per heavy atom. The second-order valence-corrected chi connectivity index (χ2v) is 9.84. The number of rotatable bonds is 7. The van der Waals surface area contributed by atoms with Gasteiger partial charge >= 0.3 is 13.3 Å². The van der Waals surface area contributed by atoms with Gasteiger partial charge in [-0.05, 0) is 28.1 Å². The Balaban J connectivity index is 0.00000179. The zero-order chi connectivity index (χ0) is 27.8. The van der Waals surface area contributed by atoms with Gasteiger partial charge in [-0.2, -0.15) is 8.78 Å². The van der Waals surface area contributed by atoms with Gasteiger partial charge in [-0.15, -0.1) is 11.3 Å². The second kappa shape index (κ2) is 13.8. The third kappa shape index (κ3) is 7.56. The molecule has 7 N–H and O–H groups in total. The molecule has 1 heterocycles. The molecule has 1 fully saturated rings. The van der Waals surface area contributed by atoms with Crippen molar-refractivity contribution in [1.29, 1.82) is 0 Å². The van der Waals surface area contributed by atoms with E-state index in [1.807, 2.05) is 41.5 Å². The van der Waals surface area contributed by atoms with E-state index >= 15 is 0 Å². The minimum atomic E-state index is -5.83. The molecule has 0 spiro atoms. The standard InChI is InChI=1S/C15H15BrF4N3O4PS.3C2H6/c16-11-8-1-6(9(4-21)23-22)2-10(27-5-7-3-14(7,17)18)12(8)29-13(11)15(19,20)28(24,25)26;3*1-2/h1-2,4,7,23H,3,5,21-22H2,(H2,24,25,26);3*1-2H3/b9-4-;;;. The molecule has 1 aromatic heterocycles. The molecule has 0 aliphatic heterocycles. The van der Waals surface area contributed by atoms with Gasteiger partial charge in [0.05, 0.1) is 22.9 Å². The summed E-state index contributed by atoms with van der Waals surface area (Å²) in [6.45, 7) is 11.6. The lowest BCUT2D eigenvalue weighted by Crippen LogP contribution is -2.21. The summed E-state index contributed by atoms with van der Waals surface area (Å²) in [6, 6.07) is 2.76. The smallest absolute Gasteiger partial charge is 0.400 e. The van der Waals surface area contributed by atoms with Gasteiger partial charge in [-0.3, -0.25) is 10.4 Å². The number of nitrogens with two attached hydrogens (primary N) is 2. The van der Waals surface area contributed by atoms with Gasteiger partial charge in [0.1, 0.15) is 10.6 Å². The van der Waals surface area contributed by atoms with Crippen LogP contribution < -0.4 is 21.7 Å². The van der Waals surface area contributed by atoms with E-state index < -0.39 is 30.0 Å². The molecule has 14 heteroatoms. The first-order valence-electron chi connectivity index (χ1n) is 10.9. The van der Waals surface area contributed by atoms with E-state index in [1.54, 1.807) is 0 Å². The summed E-state index contributed by atoms with van der Waals surface area (Å²) in [6.07, 6.45) is 0.759. The highest BCUT2D eigenvalue weighted by Gasteiger charge is 2.57. The van der Waals surface area contributed by atoms with E-state index in [0.717, 1.165) is 6.20 Å². The van der Waals surface area contributed by atoms with E-state index in [-0.39, 0.29) is 39.0 Å². The van der Waals surface area contributed by atoms with Crippen LogP contribution in [0.4, 0.5) is 17.6 Å². The molecule has 1 saturated carbocycles. The van der Waals surface area contributed by atoms with Crippen molar-refractivity contribution >= 4 is 50.6 Å². The zero-order valence-corrected chi connectivity index (χ0v) is 23.6. The third-order valence-corrected chi connectivity index (χ3v) is 7.85. The molecule has 1 aromatic carbocycles. The fourth-order valence-corrected chi connectivity index (χ4v) is 5.57. The summed E-state index contributed by atoms with van der Waals surface area (Å²) >= 11 is 3.35. The van der Waals surface area contributed by atoms with Crippen molar-refractivity contribution in [1.82, 2.24) is 5.43 Å². The van der Waals surface area contributed by atoms with Crippen molar-refractivity contribution in [2.75, 3.05) is 6.61 Å². The van der Waals surface area contributed by atoms with E-state index in [9.17, 15) is 22.1 Å². The quantitative estimate of drug-likeness (QED) is 0.102. The minimum absolute atomic E-state index is 0.0201. The number of halogens is 5.